The molecular formula is C13H21Cl2N3O3S. The van der Waals surface area contributed by atoms with Crippen LogP contribution in [0.15, 0.2) is 29.2 Å². The quantitative estimate of drug-likeness (QED) is 0.600. The van der Waals surface area contributed by atoms with Gasteiger partial charge in [-0.15, -0.1) is 12.4 Å². The maximum absolute atomic E-state index is 11.9. The zero-order valence-corrected chi connectivity index (χ0v) is 14.6. The van der Waals surface area contributed by atoms with Gasteiger partial charge in [-0.2, -0.15) is 0 Å². The third kappa shape index (κ3) is 7.95. The van der Waals surface area contributed by atoms with Crippen molar-refractivity contribution in [2.45, 2.75) is 30.7 Å². The minimum absolute atomic E-state index is 0. The van der Waals surface area contributed by atoms with Crippen molar-refractivity contribution in [2.24, 2.45) is 5.73 Å². The molecular weight excluding hydrogens is 349 g/mol. The number of hydrogen-bond donors (Lipinski definition) is 3. The van der Waals surface area contributed by atoms with Gasteiger partial charge >= 0.3 is 0 Å². The molecule has 1 amide bonds. The minimum Gasteiger partial charge on any atom is -0.355 e. The van der Waals surface area contributed by atoms with Crippen molar-refractivity contribution in [3.8, 4) is 0 Å². The van der Waals surface area contributed by atoms with Crippen molar-refractivity contribution in [1.82, 2.24) is 10.0 Å². The number of sulfonamides is 1. The first-order valence-electron chi connectivity index (χ1n) is 6.59. The second-order valence-electron chi connectivity index (χ2n) is 4.72. The summed E-state index contributed by atoms with van der Waals surface area (Å²) in [5.41, 5.74) is 5.55. The molecule has 0 radical (unpaired) electrons. The lowest BCUT2D eigenvalue weighted by atomic mass is 10.2. The van der Waals surface area contributed by atoms with Gasteiger partial charge in [0.25, 0.3) is 0 Å². The number of carbonyl (C=O) groups is 1. The van der Waals surface area contributed by atoms with E-state index in [-0.39, 0.29) is 42.3 Å². The standard InChI is InChI=1S/C13H20ClN3O3S.ClH/c1-10(15)5-6-13(18)16-7-8-17-21(19,20)12-4-2-3-11(14)9-12;/h2-4,9-10,17H,5-8,15H2,1H3,(H,16,18);1H. The highest BCUT2D eigenvalue weighted by Crippen LogP contribution is 2.14. The number of benzene rings is 1. The third-order valence-electron chi connectivity index (χ3n) is 2.67. The predicted octanol–water partition coefficient (Wildman–Crippen LogP) is 1.28. The SMILES string of the molecule is CC(N)CCC(=O)NCCNS(=O)(=O)c1cccc(Cl)c1.Cl. The fourth-order valence-corrected chi connectivity index (χ4v) is 2.88. The lowest BCUT2D eigenvalue weighted by Gasteiger charge is -2.09. The van der Waals surface area contributed by atoms with E-state index < -0.39 is 10.0 Å². The second kappa shape index (κ2) is 10.0. The van der Waals surface area contributed by atoms with Crippen LogP contribution in [-0.2, 0) is 14.8 Å². The highest BCUT2D eigenvalue weighted by atomic mass is 35.5. The van der Waals surface area contributed by atoms with Gasteiger partial charge in [-0.3, -0.25) is 4.79 Å². The fourth-order valence-electron chi connectivity index (χ4n) is 1.55. The molecule has 22 heavy (non-hydrogen) atoms. The highest BCUT2D eigenvalue weighted by Gasteiger charge is 2.13. The average Bonchev–Trinajstić information content (AvgIpc) is 2.41. The van der Waals surface area contributed by atoms with E-state index in [1.54, 1.807) is 12.1 Å². The van der Waals surface area contributed by atoms with Crippen LogP contribution >= 0.6 is 24.0 Å². The summed E-state index contributed by atoms with van der Waals surface area (Å²) in [4.78, 5) is 11.5. The molecule has 9 heteroatoms. The Kier molecular flexibility index (Phi) is 9.63. The van der Waals surface area contributed by atoms with Gasteiger partial charge < -0.3 is 11.1 Å². The van der Waals surface area contributed by atoms with Gasteiger partial charge in [-0.25, -0.2) is 13.1 Å². The van der Waals surface area contributed by atoms with Crippen molar-refractivity contribution in [2.75, 3.05) is 13.1 Å². The van der Waals surface area contributed by atoms with E-state index in [4.69, 9.17) is 17.3 Å². The first-order chi connectivity index (χ1) is 9.81. The van der Waals surface area contributed by atoms with E-state index in [2.05, 4.69) is 10.0 Å². The zero-order chi connectivity index (χ0) is 15.9. The summed E-state index contributed by atoms with van der Waals surface area (Å²) in [6.45, 7) is 2.16. The van der Waals surface area contributed by atoms with E-state index >= 15 is 0 Å². The molecule has 0 bridgehead atoms. The Morgan fingerprint density at radius 3 is 2.64 bits per heavy atom. The van der Waals surface area contributed by atoms with Crippen LogP contribution in [0.5, 0.6) is 0 Å². The molecule has 0 saturated carbocycles. The van der Waals surface area contributed by atoms with E-state index in [9.17, 15) is 13.2 Å². The third-order valence-corrected chi connectivity index (χ3v) is 4.37. The number of nitrogens with two attached hydrogens (primary N) is 1. The van der Waals surface area contributed by atoms with Crippen molar-refractivity contribution in [3.63, 3.8) is 0 Å². The Hall–Kier alpha value is -0.860. The van der Waals surface area contributed by atoms with Crippen LogP contribution in [0.25, 0.3) is 0 Å². The molecule has 0 aromatic heterocycles. The Balaban J connectivity index is 0.00000441. The summed E-state index contributed by atoms with van der Waals surface area (Å²) in [5, 5.41) is 2.98. The van der Waals surface area contributed by atoms with Gasteiger partial charge in [0.2, 0.25) is 15.9 Å². The second-order valence-corrected chi connectivity index (χ2v) is 6.92. The molecule has 0 aliphatic rings. The van der Waals surface area contributed by atoms with Crippen molar-refractivity contribution in [1.29, 1.82) is 0 Å². The van der Waals surface area contributed by atoms with Gasteiger partial charge in [0.15, 0.2) is 0 Å². The Bertz CT molecular complexity index is 580. The van der Waals surface area contributed by atoms with Gasteiger partial charge in [0.05, 0.1) is 4.90 Å². The Labute approximate surface area is 142 Å². The molecule has 126 valence electrons. The Morgan fingerprint density at radius 2 is 2.05 bits per heavy atom. The largest absolute Gasteiger partial charge is 0.355 e. The lowest BCUT2D eigenvalue weighted by molar-refractivity contribution is -0.121. The molecule has 1 aromatic rings. The van der Waals surface area contributed by atoms with Gasteiger partial charge in [-0.05, 0) is 31.5 Å². The smallest absolute Gasteiger partial charge is 0.240 e. The molecule has 6 nitrogen and oxygen atoms in total. The average molecular weight is 370 g/mol. The van der Waals surface area contributed by atoms with Crippen LogP contribution < -0.4 is 15.8 Å². The summed E-state index contributed by atoms with van der Waals surface area (Å²) in [5.74, 6) is -0.144. The van der Waals surface area contributed by atoms with E-state index in [0.29, 0.717) is 17.9 Å². The fraction of sp³-hybridized carbons (Fsp3) is 0.462. The number of halogens is 2. The molecule has 0 aliphatic heterocycles. The molecule has 0 aliphatic carbocycles. The summed E-state index contributed by atoms with van der Waals surface area (Å²) in [7, 11) is -3.61. The van der Waals surface area contributed by atoms with Crippen molar-refractivity contribution >= 4 is 39.9 Å². The molecule has 4 N–H and O–H groups in total. The van der Waals surface area contributed by atoms with Crippen LogP contribution in [0, 0.1) is 0 Å². The Morgan fingerprint density at radius 1 is 1.36 bits per heavy atom. The number of amides is 1. The molecule has 0 spiro atoms. The lowest BCUT2D eigenvalue weighted by Crippen LogP contribution is -2.35. The molecule has 0 heterocycles. The van der Waals surface area contributed by atoms with E-state index in [1.807, 2.05) is 6.92 Å². The van der Waals surface area contributed by atoms with Gasteiger partial charge in [0.1, 0.15) is 0 Å². The topological polar surface area (TPSA) is 101 Å². The number of carbonyl (C=O) groups excluding carboxylic acids is 1. The first kappa shape index (κ1) is 21.1. The predicted molar refractivity (Wildman–Crippen MR) is 89.8 cm³/mol. The first-order valence-corrected chi connectivity index (χ1v) is 8.45. The van der Waals surface area contributed by atoms with Crippen LogP contribution in [0.2, 0.25) is 5.02 Å². The van der Waals surface area contributed by atoms with Crippen LogP contribution in [0.1, 0.15) is 19.8 Å². The van der Waals surface area contributed by atoms with E-state index in [0.717, 1.165) is 0 Å². The molecule has 1 unspecified atom stereocenters. The number of nitrogens with one attached hydrogen (secondary N) is 2. The summed E-state index contributed by atoms with van der Waals surface area (Å²) < 4.78 is 26.3. The molecule has 1 rings (SSSR count). The van der Waals surface area contributed by atoms with Crippen LogP contribution in [-0.4, -0.2) is 33.5 Å². The summed E-state index contributed by atoms with van der Waals surface area (Å²) >= 11 is 5.75. The van der Waals surface area contributed by atoms with Crippen molar-refractivity contribution in [3.05, 3.63) is 29.3 Å². The normalized spacial score (nSPS) is 12.3. The molecule has 0 saturated heterocycles. The molecule has 1 atom stereocenters. The van der Waals surface area contributed by atoms with Crippen LogP contribution in [0.4, 0.5) is 0 Å². The summed E-state index contributed by atoms with van der Waals surface area (Å²) in [6.07, 6.45) is 0.929. The monoisotopic (exact) mass is 369 g/mol. The molecule has 1 aromatic carbocycles. The number of rotatable bonds is 8. The number of hydrogen-bond acceptors (Lipinski definition) is 4. The zero-order valence-electron chi connectivity index (χ0n) is 12.2. The minimum atomic E-state index is -3.61. The highest BCUT2D eigenvalue weighted by molar-refractivity contribution is 7.89. The van der Waals surface area contributed by atoms with E-state index in [1.165, 1.54) is 12.1 Å². The van der Waals surface area contributed by atoms with Gasteiger partial charge in [-0.1, -0.05) is 17.7 Å². The summed E-state index contributed by atoms with van der Waals surface area (Å²) in [6, 6.07) is 5.95. The molecule has 0 fully saturated rings. The van der Waals surface area contributed by atoms with Gasteiger partial charge in [0, 0.05) is 30.6 Å². The maximum Gasteiger partial charge on any atom is 0.240 e. The van der Waals surface area contributed by atoms with Crippen LogP contribution in [0.3, 0.4) is 0 Å². The maximum atomic E-state index is 11.9. The van der Waals surface area contributed by atoms with Crippen molar-refractivity contribution < 1.29 is 13.2 Å².